The van der Waals surface area contributed by atoms with Crippen LogP contribution in [0.25, 0.3) is 10.6 Å². The largest absolute Gasteiger partial charge is 0.325 e. The number of hydrogen-bond acceptors (Lipinski definition) is 4. The number of nitrogens with one attached hydrogen (secondary N) is 1. The molecule has 0 unspecified atom stereocenters. The van der Waals surface area contributed by atoms with Crippen molar-refractivity contribution >= 4 is 34.7 Å². The van der Waals surface area contributed by atoms with E-state index in [4.69, 9.17) is 0 Å². The maximum Gasteiger partial charge on any atom is 0.234 e. The molecule has 3 rings (SSSR count). The number of aromatic nitrogens is 1. The smallest absolute Gasteiger partial charge is 0.234 e. The first-order valence-corrected chi connectivity index (χ1v) is 10.5. The van der Waals surface area contributed by atoms with Gasteiger partial charge in [-0.05, 0) is 38.0 Å². The lowest BCUT2D eigenvalue weighted by Gasteiger charge is -2.09. The van der Waals surface area contributed by atoms with Crippen LogP contribution in [0, 0.1) is 20.8 Å². The quantitative estimate of drug-likeness (QED) is 0.603. The van der Waals surface area contributed by atoms with Crippen LogP contribution in [0.15, 0.2) is 47.8 Å². The van der Waals surface area contributed by atoms with Crippen LogP contribution in [0.5, 0.6) is 0 Å². The maximum absolute atomic E-state index is 12.2. The number of carbonyl (C=O) groups is 1. The van der Waals surface area contributed by atoms with E-state index in [1.807, 2.05) is 32.0 Å². The summed E-state index contributed by atoms with van der Waals surface area (Å²) in [4.78, 5) is 16.9. The molecule has 5 heteroatoms. The summed E-state index contributed by atoms with van der Waals surface area (Å²) in [5, 5.41) is 6.10. The summed E-state index contributed by atoms with van der Waals surface area (Å²) in [7, 11) is 0. The van der Waals surface area contributed by atoms with Crippen LogP contribution in [-0.2, 0) is 10.5 Å². The summed E-state index contributed by atoms with van der Waals surface area (Å²) in [6.07, 6.45) is 0. The van der Waals surface area contributed by atoms with Gasteiger partial charge in [0.25, 0.3) is 0 Å². The Morgan fingerprint density at radius 1 is 1.08 bits per heavy atom. The molecule has 134 valence electrons. The molecular weight excluding hydrogens is 360 g/mol. The fraction of sp³-hybridized carbons (Fsp3) is 0.238. The Hall–Kier alpha value is -2.11. The van der Waals surface area contributed by atoms with Crippen molar-refractivity contribution < 1.29 is 4.79 Å². The number of nitrogens with zero attached hydrogens (tertiary/aromatic N) is 1. The van der Waals surface area contributed by atoms with E-state index < -0.39 is 0 Å². The Morgan fingerprint density at radius 2 is 1.81 bits per heavy atom. The van der Waals surface area contributed by atoms with Crippen LogP contribution < -0.4 is 5.32 Å². The molecule has 0 aliphatic heterocycles. The minimum atomic E-state index is 0.0256. The number of anilines is 1. The van der Waals surface area contributed by atoms with Crippen molar-refractivity contribution in [1.82, 2.24) is 4.98 Å². The molecule has 0 spiro atoms. The molecule has 1 amide bonds. The molecular formula is C21H22N2OS2. The zero-order valence-electron chi connectivity index (χ0n) is 15.2. The average molecular weight is 383 g/mol. The van der Waals surface area contributed by atoms with E-state index in [9.17, 15) is 4.79 Å². The van der Waals surface area contributed by atoms with Crippen molar-refractivity contribution in [3.8, 4) is 10.6 Å². The molecule has 1 aromatic heterocycles. The molecule has 3 aromatic rings. The molecule has 0 aliphatic carbocycles. The summed E-state index contributed by atoms with van der Waals surface area (Å²) in [5.74, 6) is 1.19. The fourth-order valence-electron chi connectivity index (χ4n) is 2.51. The van der Waals surface area contributed by atoms with Crippen LogP contribution >= 0.6 is 23.1 Å². The lowest BCUT2D eigenvalue weighted by Crippen LogP contribution is -2.15. The van der Waals surface area contributed by atoms with Gasteiger partial charge in [-0.3, -0.25) is 4.79 Å². The molecule has 0 radical (unpaired) electrons. The zero-order valence-corrected chi connectivity index (χ0v) is 16.8. The summed E-state index contributed by atoms with van der Waals surface area (Å²) < 4.78 is 0. The zero-order chi connectivity index (χ0) is 18.5. The second-order valence-electron chi connectivity index (χ2n) is 6.37. The van der Waals surface area contributed by atoms with Gasteiger partial charge in [-0.1, -0.05) is 42.0 Å². The third kappa shape index (κ3) is 4.96. The first kappa shape index (κ1) is 18.7. The Labute approximate surface area is 162 Å². The highest BCUT2D eigenvalue weighted by Crippen LogP contribution is 2.26. The number of thioether (sulfide) groups is 1. The second-order valence-corrected chi connectivity index (χ2v) is 8.21. The van der Waals surface area contributed by atoms with Crippen LogP contribution in [0.1, 0.15) is 22.4 Å². The van der Waals surface area contributed by atoms with Gasteiger partial charge >= 0.3 is 0 Å². The molecule has 0 atom stereocenters. The van der Waals surface area contributed by atoms with Crippen molar-refractivity contribution in [1.29, 1.82) is 0 Å². The van der Waals surface area contributed by atoms with Crippen molar-refractivity contribution in [2.24, 2.45) is 0 Å². The standard InChI is InChI=1S/C21H22N2OS2/c1-14-5-8-17(9-6-14)21-22-18(12-26-21)11-25-13-20(24)23-19-10-15(2)4-7-16(19)3/h4-10,12H,11,13H2,1-3H3,(H,23,24). The summed E-state index contributed by atoms with van der Waals surface area (Å²) in [5.41, 5.74) is 6.53. The monoisotopic (exact) mass is 382 g/mol. The van der Waals surface area contributed by atoms with Gasteiger partial charge in [0, 0.05) is 22.4 Å². The molecule has 1 N–H and O–H groups in total. The minimum absolute atomic E-state index is 0.0256. The van der Waals surface area contributed by atoms with Gasteiger partial charge in [-0.2, -0.15) is 0 Å². The molecule has 26 heavy (non-hydrogen) atoms. The average Bonchev–Trinajstić information content (AvgIpc) is 3.08. The fourth-order valence-corrected chi connectivity index (χ4v) is 4.16. The number of rotatable bonds is 6. The van der Waals surface area contributed by atoms with E-state index in [0.29, 0.717) is 5.75 Å². The van der Waals surface area contributed by atoms with Gasteiger partial charge in [-0.15, -0.1) is 23.1 Å². The summed E-state index contributed by atoms with van der Waals surface area (Å²) >= 11 is 3.24. The lowest BCUT2D eigenvalue weighted by atomic mass is 10.1. The van der Waals surface area contributed by atoms with Gasteiger partial charge in [0.05, 0.1) is 11.4 Å². The molecule has 0 fully saturated rings. The van der Waals surface area contributed by atoms with Gasteiger partial charge in [-0.25, -0.2) is 4.98 Å². The van der Waals surface area contributed by atoms with E-state index in [1.165, 1.54) is 5.56 Å². The highest BCUT2D eigenvalue weighted by atomic mass is 32.2. The highest BCUT2D eigenvalue weighted by molar-refractivity contribution is 7.99. The van der Waals surface area contributed by atoms with E-state index >= 15 is 0 Å². The predicted molar refractivity (Wildman–Crippen MR) is 113 cm³/mol. The number of benzene rings is 2. The first-order chi connectivity index (χ1) is 12.5. The molecule has 0 aliphatic rings. The van der Waals surface area contributed by atoms with E-state index in [2.05, 4.69) is 46.9 Å². The van der Waals surface area contributed by atoms with Gasteiger partial charge in [0.1, 0.15) is 5.01 Å². The molecule has 1 heterocycles. The van der Waals surface area contributed by atoms with Crippen LogP contribution in [0.4, 0.5) is 5.69 Å². The van der Waals surface area contributed by atoms with E-state index in [-0.39, 0.29) is 5.91 Å². The first-order valence-electron chi connectivity index (χ1n) is 8.47. The topological polar surface area (TPSA) is 42.0 Å². The third-order valence-corrected chi connectivity index (χ3v) is 5.91. The molecule has 0 bridgehead atoms. The second kappa shape index (κ2) is 8.52. The van der Waals surface area contributed by atoms with Gasteiger partial charge in [0.2, 0.25) is 5.91 Å². The summed E-state index contributed by atoms with van der Waals surface area (Å²) in [6, 6.07) is 14.5. The normalized spacial score (nSPS) is 10.7. The Kier molecular flexibility index (Phi) is 6.12. The van der Waals surface area contributed by atoms with E-state index in [1.54, 1.807) is 23.1 Å². The number of hydrogen-bond donors (Lipinski definition) is 1. The van der Waals surface area contributed by atoms with E-state index in [0.717, 1.165) is 38.8 Å². The Bertz CT molecular complexity index is 901. The minimum Gasteiger partial charge on any atom is -0.325 e. The SMILES string of the molecule is Cc1ccc(-c2nc(CSCC(=O)Nc3cc(C)ccc3C)cs2)cc1. The molecule has 0 saturated heterocycles. The maximum atomic E-state index is 12.2. The van der Waals surface area contributed by atoms with Crippen LogP contribution in [0.2, 0.25) is 0 Å². The number of carbonyl (C=O) groups excluding carboxylic acids is 1. The van der Waals surface area contributed by atoms with Crippen molar-refractivity contribution in [2.75, 3.05) is 11.1 Å². The third-order valence-electron chi connectivity index (χ3n) is 4.00. The molecule has 0 saturated carbocycles. The molecule has 2 aromatic carbocycles. The lowest BCUT2D eigenvalue weighted by molar-refractivity contribution is -0.113. The number of amides is 1. The van der Waals surface area contributed by atoms with Crippen molar-refractivity contribution in [3.63, 3.8) is 0 Å². The predicted octanol–water partition coefficient (Wildman–Crippen LogP) is 5.61. The molecule has 3 nitrogen and oxygen atoms in total. The summed E-state index contributed by atoms with van der Waals surface area (Å²) in [6.45, 7) is 6.11. The van der Waals surface area contributed by atoms with Crippen LogP contribution in [-0.4, -0.2) is 16.6 Å². The Morgan fingerprint density at radius 3 is 2.58 bits per heavy atom. The van der Waals surface area contributed by atoms with Crippen molar-refractivity contribution in [3.05, 3.63) is 70.2 Å². The van der Waals surface area contributed by atoms with Crippen LogP contribution in [0.3, 0.4) is 0 Å². The van der Waals surface area contributed by atoms with Gasteiger partial charge in [0.15, 0.2) is 0 Å². The van der Waals surface area contributed by atoms with Gasteiger partial charge < -0.3 is 5.32 Å². The van der Waals surface area contributed by atoms with Crippen molar-refractivity contribution in [2.45, 2.75) is 26.5 Å². The Balaban J connectivity index is 1.51. The number of aryl methyl sites for hydroxylation is 3. The highest BCUT2D eigenvalue weighted by Gasteiger charge is 2.08. The number of thiazole rings is 1.